The Hall–Kier alpha value is -3.88. The van der Waals surface area contributed by atoms with E-state index in [2.05, 4.69) is 91.1 Å². The van der Waals surface area contributed by atoms with Crippen LogP contribution >= 0.6 is 24.8 Å². The van der Waals surface area contributed by atoms with Gasteiger partial charge in [-0.15, -0.1) is 24.8 Å². The molecule has 1 atom stereocenters. The Morgan fingerprint density at radius 3 is 2.00 bits per heavy atom. The maximum Gasteiger partial charge on any atom is 0.416 e. The van der Waals surface area contributed by atoms with E-state index in [-0.39, 0.29) is 37.5 Å². The van der Waals surface area contributed by atoms with Crippen molar-refractivity contribution in [1.82, 2.24) is 10.2 Å². The lowest BCUT2D eigenvalue weighted by molar-refractivity contribution is -0.137. The van der Waals surface area contributed by atoms with Crippen molar-refractivity contribution in [3.8, 4) is 0 Å². The van der Waals surface area contributed by atoms with Crippen molar-refractivity contribution in [2.24, 2.45) is 0 Å². The first-order valence-electron chi connectivity index (χ1n) is 15.5. The van der Waals surface area contributed by atoms with Gasteiger partial charge in [-0.05, 0) is 85.5 Å². The maximum atomic E-state index is 12.7. The van der Waals surface area contributed by atoms with Gasteiger partial charge in [0, 0.05) is 19.1 Å². The minimum atomic E-state index is -4.34. The zero-order valence-corrected chi connectivity index (χ0v) is 29.0. The molecule has 0 heterocycles. The SMILES string of the molecule is CC(Cc1cccc(C(F)(F)F)c1)NCCOC(=O)c1ccccc1.CN(C)CCC=C1c2ccccc2C=Cc2ccccc21.Cl.Cl. The fourth-order valence-corrected chi connectivity index (χ4v) is 5.19. The maximum absolute atomic E-state index is 12.7. The first kappa shape index (κ1) is 40.3. The predicted molar refractivity (Wildman–Crippen MR) is 196 cm³/mol. The summed E-state index contributed by atoms with van der Waals surface area (Å²) in [5, 5.41) is 3.14. The molecule has 1 N–H and O–H groups in total. The van der Waals surface area contributed by atoms with Crippen LogP contribution in [0.1, 0.15) is 57.1 Å². The average Bonchev–Trinajstić information content (AvgIpc) is 3.20. The summed E-state index contributed by atoms with van der Waals surface area (Å²) in [4.78, 5) is 14.0. The summed E-state index contributed by atoms with van der Waals surface area (Å²) in [6, 6.07) is 31.2. The molecule has 0 aromatic heterocycles. The number of nitrogens with one attached hydrogen (secondary N) is 1. The highest BCUT2D eigenvalue weighted by Crippen LogP contribution is 2.34. The van der Waals surface area contributed by atoms with E-state index in [4.69, 9.17) is 4.74 Å². The van der Waals surface area contributed by atoms with Crippen molar-refractivity contribution in [3.63, 3.8) is 0 Å². The summed E-state index contributed by atoms with van der Waals surface area (Å²) < 4.78 is 43.3. The minimum absolute atomic E-state index is 0. The van der Waals surface area contributed by atoms with E-state index in [9.17, 15) is 18.0 Å². The first-order chi connectivity index (χ1) is 22.1. The van der Waals surface area contributed by atoms with Crippen LogP contribution in [0.3, 0.4) is 0 Å². The second-order valence-corrected chi connectivity index (χ2v) is 11.5. The van der Waals surface area contributed by atoms with Crippen LogP contribution in [0.4, 0.5) is 13.2 Å². The molecule has 5 rings (SSSR count). The van der Waals surface area contributed by atoms with E-state index in [0.29, 0.717) is 24.1 Å². The van der Waals surface area contributed by atoms with Gasteiger partial charge in [-0.3, -0.25) is 0 Å². The van der Waals surface area contributed by atoms with E-state index in [1.807, 2.05) is 13.0 Å². The Balaban J connectivity index is 0.000000324. The van der Waals surface area contributed by atoms with Gasteiger partial charge in [-0.25, -0.2) is 4.79 Å². The number of benzene rings is 4. The van der Waals surface area contributed by atoms with Gasteiger partial charge in [-0.2, -0.15) is 13.2 Å². The zero-order valence-electron chi connectivity index (χ0n) is 27.4. The number of fused-ring (bicyclic) bond motifs is 2. The molecular formula is C39H43Cl2F3N2O2. The van der Waals surface area contributed by atoms with E-state index >= 15 is 0 Å². The molecule has 0 radical (unpaired) electrons. The molecule has 48 heavy (non-hydrogen) atoms. The van der Waals surface area contributed by atoms with Crippen molar-refractivity contribution in [3.05, 3.63) is 148 Å². The van der Waals surface area contributed by atoms with Crippen molar-refractivity contribution in [2.45, 2.75) is 32.0 Å². The summed E-state index contributed by atoms with van der Waals surface area (Å²) in [6.07, 6.45) is 4.01. The third kappa shape index (κ3) is 12.3. The lowest BCUT2D eigenvalue weighted by atomic mass is 9.93. The summed E-state index contributed by atoms with van der Waals surface area (Å²) in [7, 11) is 4.24. The molecule has 256 valence electrons. The van der Waals surface area contributed by atoms with Crippen molar-refractivity contribution in [2.75, 3.05) is 33.8 Å². The van der Waals surface area contributed by atoms with E-state index in [1.165, 1.54) is 33.9 Å². The zero-order chi connectivity index (χ0) is 32.9. The molecule has 9 heteroatoms. The van der Waals surface area contributed by atoms with Gasteiger partial charge < -0.3 is 15.0 Å². The Morgan fingerprint density at radius 1 is 0.833 bits per heavy atom. The van der Waals surface area contributed by atoms with Gasteiger partial charge >= 0.3 is 12.1 Å². The van der Waals surface area contributed by atoms with Crippen molar-refractivity contribution < 1.29 is 22.7 Å². The molecule has 4 aromatic carbocycles. The Labute approximate surface area is 294 Å². The molecule has 1 unspecified atom stereocenters. The Kier molecular flexibility index (Phi) is 16.6. The second-order valence-electron chi connectivity index (χ2n) is 11.5. The topological polar surface area (TPSA) is 41.6 Å². The molecule has 0 fully saturated rings. The number of hydrogen-bond acceptors (Lipinski definition) is 4. The third-order valence-electron chi connectivity index (χ3n) is 7.50. The quantitative estimate of drug-likeness (QED) is 0.117. The number of carbonyl (C=O) groups excluding carboxylic acids is 1. The molecule has 0 aliphatic heterocycles. The van der Waals surface area contributed by atoms with Crippen LogP contribution in [0.15, 0.2) is 109 Å². The normalized spacial score (nSPS) is 12.2. The molecule has 4 nitrogen and oxygen atoms in total. The number of ether oxygens (including phenoxy) is 1. The van der Waals surface area contributed by atoms with Gasteiger partial charge in [0.15, 0.2) is 0 Å². The predicted octanol–water partition coefficient (Wildman–Crippen LogP) is 9.48. The first-order valence-corrected chi connectivity index (χ1v) is 15.5. The summed E-state index contributed by atoms with van der Waals surface area (Å²) in [5.74, 6) is -0.395. The van der Waals surface area contributed by atoms with Crippen molar-refractivity contribution >= 4 is 48.5 Å². The second kappa shape index (κ2) is 19.8. The summed E-state index contributed by atoms with van der Waals surface area (Å²) >= 11 is 0. The highest BCUT2D eigenvalue weighted by atomic mass is 35.5. The molecule has 0 saturated carbocycles. The van der Waals surface area contributed by atoms with Crippen LogP contribution in [0, 0.1) is 0 Å². The fraction of sp³-hybridized carbons (Fsp3) is 0.256. The third-order valence-corrected chi connectivity index (χ3v) is 7.50. The van der Waals surface area contributed by atoms with E-state index in [1.54, 1.807) is 30.3 Å². The Bertz CT molecular complexity index is 1590. The van der Waals surface area contributed by atoms with Gasteiger partial charge in [0.1, 0.15) is 6.61 Å². The molecule has 0 spiro atoms. The van der Waals surface area contributed by atoms with Gasteiger partial charge in [0.25, 0.3) is 0 Å². The van der Waals surface area contributed by atoms with Gasteiger partial charge in [-0.1, -0.05) is 103 Å². The number of carbonyl (C=O) groups is 1. The standard InChI is InChI=1S/C20H21N.C19H20F3NO2.2ClH/c1-21(2)15-7-12-20-18-10-5-3-8-16(18)13-14-17-9-4-6-11-19(17)20;1-14(12-15-6-5-9-17(13-15)19(20,21)22)23-10-11-25-18(24)16-7-3-2-4-8-16;;/h3-6,8-14H,7,15H2,1-2H3;2-9,13-14,23H,10-12H2,1H3;2*1H. The van der Waals surface area contributed by atoms with Crippen LogP contribution in [0.2, 0.25) is 0 Å². The molecule has 1 aliphatic rings. The number of nitrogens with zero attached hydrogens (tertiary/aromatic N) is 1. The van der Waals surface area contributed by atoms with Crippen LogP contribution in [-0.4, -0.2) is 50.7 Å². The molecule has 1 aliphatic carbocycles. The van der Waals surface area contributed by atoms with E-state index in [0.717, 1.165) is 25.1 Å². The number of halogens is 5. The number of esters is 1. The van der Waals surface area contributed by atoms with Crippen LogP contribution in [0.5, 0.6) is 0 Å². The molecule has 0 amide bonds. The largest absolute Gasteiger partial charge is 0.461 e. The van der Waals surface area contributed by atoms with E-state index < -0.39 is 17.7 Å². The highest BCUT2D eigenvalue weighted by Gasteiger charge is 2.30. The minimum Gasteiger partial charge on any atom is -0.461 e. The van der Waals surface area contributed by atoms with Gasteiger partial charge in [0.2, 0.25) is 0 Å². The lowest BCUT2D eigenvalue weighted by Gasteiger charge is -2.15. The summed E-state index contributed by atoms with van der Waals surface area (Å²) in [5.41, 5.74) is 7.06. The van der Waals surface area contributed by atoms with Crippen LogP contribution in [-0.2, 0) is 17.3 Å². The summed E-state index contributed by atoms with van der Waals surface area (Å²) in [6.45, 7) is 3.57. The molecule has 4 aromatic rings. The monoisotopic (exact) mass is 698 g/mol. The van der Waals surface area contributed by atoms with Crippen molar-refractivity contribution in [1.29, 1.82) is 0 Å². The van der Waals surface area contributed by atoms with Gasteiger partial charge in [0.05, 0.1) is 11.1 Å². The highest BCUT2D eigenvalue weighted by molar-refractivity contribution is 5.93. The lowest BCUT2D eigenvalue weighted by Crippen LogP contribution is -2.31. The Morgan fingerprint density at radius 2 is 1.42 bits per heavy atom. The molecular weight excluding hydrogens is 656 g/mol. The molecule has 0 saturated heterocycles. The molecule has 0 bridgehead atoms. The average molecular weight is 700 g/mol. The number of rotatable bonds is 10. The smallest absolute Gasteiger partial charge is 0.416 e. The van der Waals surface area contributed by atoms with Crippen LogP contribution in [0.25, 0.3) is 17.7 Å². The fourth-order valence-electron chi connectivity index (χ4n) is 5.19. The number of hydrogen-bond donors (Lipinski definition) is 1. The number of alkyl halides is 3. The van der Waals surface area contributed by atoms with Crippen LogP contribution < -0.4 is 5.32 Å².